The van der Waals surface area contributed by atoms with Crippen molar-refractivity contribution in [3.63, 3.8) is 0 Å². The fourth-order valence-corrected chi connectivity index (χ4v) is 1.54. The lowest BCUT2D eigenvalue weighted by atomic mass is 10.1. The molecule has 0 saturated heterocycles. The molecule has 2 N–H and O–H groups in total. The van der Waals surface area contributed by atoms with Crippen LogP contribution in [-0.4, -0.2) is 12.5 Å². The van der Waals surface area contributed by atoms with Crippen LogP contribution in [0.1, 0.15) is 5.56 Å². The summed E-state index contributed by atoms with van der Waals surface area (Å²) in [6.45, 7) is 1.61. The third kappa shape index (κ3) is 2.34. The van der Waals surface area contributed by atoms with E-state index in [-0.39, 0.29) is 6.54 Å². The molecule has 5 heteroatoms. The van der Waals surface area contributed by atoms with E-state index in [4.69, 9.17) is 14.9 Å². The van der Waals surface area contributed by atoms with Gasteiger partial charge in [0.1, 0.15) is 11.3 Å². The fraction of sp³-hybridized carbons (Fsp3) is 0.167. The molecule has 1 heterocycles. The lowest BCUT2D eigenvalue weighted by Gasteiger charge is -2.04. The Labute approximate surface area is 96.8 Å². The zero-order chi connectivity index (χ0) is 12.4. The van der Waals surface area contributed by atoms with E-state index < -0.39 is 11.6 Å². The van der Waals surface area contributed by atoms with Gasteiger partial charge in [-0.1, -0.05) is 0 Å². The second-order valence-electron chi connectivity index (χ2n) is 3.58. The summed E-state index contributed by atoms with van der Waals surface area (Å²) in [5, 5.41) is 0.803. The molecule has 1 aromatic carbocycles. The number of benzene rings is 1. The summed E-state index contributed by atoms with van der Waals surface area (Å²) in [5.41, 5.74) is 5.90. The average molecular weight is 233 g/mol. The topological polar surface area (TPSA) is 82.5 Å². The average Bonchev–Trinajstić information content (AvgIpc) is 2.28. The first-order chi connectivity index (χ1) is 8.10. The van der Waals surface area contributed by atoms with Crippen LogP contribution in [0, 0.1) is 6.92 Å². The van der Waals surface area contributed by atoms with Crippen LogP contribution in [0.2, 0.25) is 0 Å². The maximum Gasteiger partial charge on any atom is 0.336 e. The molecule has 0 bridgehead atoms. The van der Waals surface area contributed by atoms with Crippen molar-refractivity contribution in [3.05, 3.63) is 40.2 Å². The van der Waals surface area contributed by atoms with Crippen LogP contribution in [0.5, 0.6) is 5.75 Å². The monoisotopic (exact) mass is 233 g/mol. The zero-order valence-electron chi connectivity index (χ0n) is 9.23. The van der Waals surface area contributed by atoms with E-state index in [0.29, 0.717) is 11.3 Å². The highest BCUT2D eigenvalue weighted by Crippen LogP contribution is 2.22. The number of rotatable bonds is 2. The fourth-order valence-electron chi connectivity index (χ4n) is 1.54. The Hall–Kier alpha value is -2.14. The van der Waals surface area contributed by atoms with E-state index in [0.717, 1.165) is 10.9 Å². The van der Waals surface area contributed by atoms with Gasteiger partial charge in [0.25, 0.3) is 0 Å². The van der Waals surface area contributed by atoms with Crippen LogP contribution in [-0.2, 0) is 4.79 Å². The molecule has 0 radical (unpaired) electrons. The van der Waals surface area contributed by atoms with Gasteiger partial charge < -0.3 is 14.9 Å². The molecule has 2 rings (SSSR count). The number of nitrogens with two attached hydrogens (primary N) is 1. The number of carbonyl (C=O) groups excluding carboxylic acids is 1. The zero-order valence-corrected chi connectivity index (χ0v) is 9.23. The van der Waals surface area contributed by atoms with Crippen molar-refractivity contribution in [2.75, 3.05) is 6.54 Å². The molecule has 0 aliphatic heterocycles. The number of hydrogen-bond acceptors (Lipinski definition) is 5. The molecule has 5 nitrogen and oxygen atoms in total. The molecule has 0 aliphatic rings. The number of aryl methyl sites for hydroxylation is 1. The van der Waals surface area contributed by atoms with Crippen LogP contribution in [0.15, 0.2) is 33.5 Å². The van der Waals surface area contributed by atoms with Gasteiger partial charge in [-0.3, -0.25) is 4.79 Å². The van der Waals surface area contributed by atoms with Crippen LogP contribution in [0.25, 0.3) is 11.0 Å². The summed E-state index contributed by atoms with van der Waals surface area (Å²) < 4.78 is 9.95. The normalized spacial score (nSPS) is 10.5. The van der Waals surface area contributed by atoms with Gasteiger partial charge >= 0.3 is 11.6 Å². The maximum atomic E-state index is 11.2. The van der Waals surface area contributed by atoms with E-state index in [2.05, 4.69) is 0 Å². The van der Waals surface area contributed by atoms with Crippen molar-refractivity contribution in [2.45, 2.75) is 6.92 Å². The SMILES string of the molecule is Cc1cc(=O)oc2cc(OC(=O)CN)ccc12. The Morgan fingerprint density at radius 1 is 1.41 bits per heavy atom. The molecule has 88 valence electrons. The second-order valence-corrected chi connectivity index (χ2v) is 3.58. The van der Waals surface area contributed by atoms with Crippen molar-refractivity contribution < 1.29 is 13.9 Å². The third-order valence-electron chi connectivity index (χ3n) is 2.32. The first-order valence-electron chi connectivity index (χ1n) is 5.05. The minimum atomic E-state index is -0.542. The Kier molecular flexibility index (Phi) is 2.93. The quantitative estimate of drug-likeness (QED) is 0.474. The molecule has 0 amide bonds. The molecule has 0 saturated carbocycles. The van der Waals surface area contributed by atoms with Gasteiger partial charge in [0.15, 0.2) is 0 Å². The molecular weight excluding hydrogens is 222 g/mol. The van der Waals surface area contributed by atoms with Gasteiger partial charge in [-0.15, -0.1) is 0 Å². The van der Waals surface area contributed by atoms with Gasteiger partial charge in [0.2, 0.25) is 0 Å². The summed E-state index contributed by atoms with van der Waals surface area (Å²) in [5.74, 6) is -0.235. The van der Waals surface area contributed by atoms with E-state index in [1.54, 1.807) is 12.1 Å². The number of carbonyl (C=O) groups is 1. The van der Waals surface area contributed by atoms with E-state index in [9.17, 15) is 9.59 Å². The molecule has 2 aromatic rings. The van der Waals surface area contributed by atoms with Gasteiger partial charge in [-0.05, 0) is 24.6 Å². The van der Waals surface area contributed by atoms with Crippen molar-refractivity contribution >= 4 is 16.9 Å². The maximum absolute atomic E-state index is 11.2. The number of ether oxygens (including phenoxy) is 1. The lowest BCUT2D eigenvalue weighted by Crippen LogP contribution is -2.19. The molecule has 1 aromatic heterocycles. The predicted molar refractivity (Wildman–Crippen MR) is 61.9 cm³/mol. The standard InChI is InChI=1S/C12H11NO4/c1-7-4-11(14)17-10-5-8(2-3-9(7)10)16-12(15)6-13/h2-5H,6,13H2,1H3. The number of fused-ring (bicyclic) bond motifs is 1. The minimum Gasteiger partial charge on any atom is -0.425 e. The summed E-state index contributed by atoms with van der Waals surface area (Å²) >= 11 is 0. The van der Waals surface area contributed by atoms with Gasteiger partial charge in [0.05, 0.1) is 6.54 Å². The summed E-state index contributed by atoms with van der Waals surface area (Å²) in [4.78, 5) is 22.2. The number of esters is 1. The third-order valence-corrected chi connectivity index (χ3v) is 2.32. The minimum absolute atomic E-state index is 0.199. The highest BCUT2D eigenvalue weighted by Gasteiger charge is 2.06. The second kappa shape index (κ2) is 4.39. The van der Waals surface area contributed by atoms with E-state index in [1.165, 1.54) is 12.1 Å². The summed E-state index contributed by atoms with van der Waals surface area (Å²) in [6, 6.07) is 6.26. The summed E-state index contributed by atoms with van der Waals surface area (Å²) in [7, 11) is 0. The van der Waals surface area contributed by atoms with Crippen LogP contribution < -0.4 is 16.1 Å². The Balaban J connectivity index is 2.50. The van der Waals surface area contributed by atoms with E-state index in [1.807, 2.05) is 6.92 Å². The first kappa shape index (κ1) is 11.3. The van der Waals surface area contributed by atoms with Crippen LogP contribution in [0.3, 0.4) is 0 Å². The highest BCUT2D eigenvalue weighted by molar-refractivity contribution is 5.82. The Morgan fingerprint density at radius 2 is 2.18 bits per heavy atom. The molecule has 0 aliphatic carbocycles. The van der Waals surface area contributed by atoms with Crippen molar-refractivity contribution in [3.8, 4) is 5.75 Å². The van der Waals surface area contributed by atoms with Gasteiger partial charge in [0, 0.05) is 17.5 Å². The smallest absolute Gasteiger partial charge is 0.336 e. The number of hydrogen-bond donors (Lipinski definition) is 1. The largest absolute Gasteiger partial charge is 0.425 e. The molecular formula is C12H11NO4. The predicted octanol–water partition coefficient (Wildman–Crippen LogP) is 0.966. The molecule has 0 fully saturated rings. The Bertz CT molecular complexity index is 630. The van der Waals surface area contributed by atoms with Crippen molar-refractivity contribution in [1.82, 2.24) is 0 Å². The first-order valence-corrected chi connectivity index (χ1v) is 5.05. The van der Waals surface area contributed by atoms with Crippen LogP contribution in [0.4, 0.5) is 0 Å². The van der Waals surface area contributed by atoms with Gasteiger partial charge in [-0.2, -0.15) is 0 Å². The van der Waals surface area contributed by atoms with Crippen LogP contribution >= 0.6 is 0 Å². The van der Waals surface area contributed by atoms with E-state index >= 15 is 0 Å². The molecule has 0 atom stereocenters. The highest BCUT2D eigenvalue weighted by atomic mass is 16.5. The Morgan fingerprint density at radius 3 is 2.88 bits per heavy atom. The molecule has 0 unspecified atom stereocenters. The summed E-state index contributed by atoms with van der Waals surface area (Å²) in [6.07, 6.45) is 0. The molecule has 0 spiro atoms. The van der Waals surface area contributed by atoms with Crippen molar-refractivity contribution in [1.29, 1.82) is 0 Å². The molecule has 17 heavy (non-hydrogen) atoms. The van der Waals surface area contributed by atoms with Crippen molar-refractivity contribution in [2.24, 2.45) is 5.73 Å². The van der Waals surface area contributed by atoms with Gasteiger partial charge in [-0.25, -0.2) is 4.79 Å². The lowest BCUT2D eigenvalue weighted by molar-refractivity contribution is -0.132.